The monoisotopic (exact) mass is 436 g/mol. The maximum Gasteiger partial charge on any atom is 0.243 e. The molecule has 22 heavy (non-hydrogen) atoms. The van der Waals surface area contributed by atoms with Crippen LogP contribution in [0.5, 0.6) is 0 Å². The van der Waals surface area contributed by atoms with Gasteiger partial charge in [-0.25, -0.2) is 0 Å². The lowest BCUT2D eigenvalue weighted by Crippen LogP contribution is -2.45. The number of hydrogen-bond donors (Lipinski definition) is 3. The van der Waals surface area contributed by atoms with E-state index < -0.39 is 0 Å². The van der Waals surface area contributed by atoms with Gasteiger partial charge in [0.2, 0.25) is 5.91 Å². The number of benzene rings is 1. The van der Waals surface area contributed by atoms with Crippen molar-refractivity contribution in [3.63, 3.8) is 0 Å². The number of hydrogen-bond acceptors (Lipinski definition) is 3. The van der Waals surface area contributed by atoms with E-state index in [0.717, 1.165) is 12.2 Å². The maximum absolute atomic E-state index is 11.8. The van der Waals surface area contributed by atoms with Crippen LogP contribution in [0.1, 0.15) is 13.8 Å². The van der Waals surface area contributed by atoms with Gasteiger partial charge in [0.25, 0.3) is 0 Å². The van der Waals surface area contributed by atoms with Gasteiger partial charge < -0.3 is 16.0 Å². The third-order valence-electron chi connectivity index (χ3n) is 2.93. The molecule has 0 aliphatic rings. The Morgan fingerprint density at radius 3 is 2.41 bits per heavy atom. The van der Waals surface area contributed by atoms with E-state index >= 15 is 0 Å². The van der Waals surface area contributed by atoms with Crippen molar-refractivity contribution in [3.05, 3.63) is 30.3 Å². The molecule has 0 unspecified atom stereocenters. The number of nitrogens with one attached hydrogen (secondary N) is 3. The highest BCUT2D eigenvalue weighted by Crippen LogP contribution is 2.19. The lowest BCUT2D eigenvalue weighted by atomic mass is 10.2. The number of nitrogens with zero attached hydrogens (tertiary/aromatic N) is 1. The number of guanidine groups is 1. The molecule has 0 heterocycles. The number of aliphatic imine (C=N–C) groups is 1. The fourth-order valence-corrected chi connectivity index (χ4v) is 1.70. The minimum Gasteiger partial charge on any atom is -0.355 e. The summed E-state index contributed by atoms with van der Waals surface area (Å²) < 4.78 is 0.115. The van der Waals surface area contributed by atoms with Gasteiger partial charge in [0.15, 0.2) is 5.96 Å². The molecule has 0 saturated heterocycles. The number of para-hydroxylation sites is 1. The number of carbonyl (C=O) groups is 1. The first-order valence-corrected chi connectivity index (χ1v) is 8.04. The summed E-state index contributed by atoms with van der Waals surface area (Å²) in [6, 6.07) is 9.38. The molecule has 0 spiro atoms. The average molecular weight is 436 g/mol. The summed E-state index contributed by atoms with van der Waals surface area (Å²) >= 11 is 1.78. The van der Waals surface area contributed by atoms with Gasteiger partial charge in [-0.05, 0) is 32.2 Å². The molecular weight excluding hydrogens is 411 g/mol. The van der Waals surface area contributed by atoms with Crippen LogP contribution in [-0.4, -0.2) is 43.0 Å². The van der Waals surface area contributed by atoms with Crippen molar-refractivity contribution in [2.45, 2.75) is 18.6 Å². The first kappa shape index (κ1) is 21.0. The van der Waals surface area contributed by atoms with E-state index in [9.17, 15) is 4.79 Å². The van der Waals surface area contributed by atoms with E-state index in [2.05, 4.69) is 41.0 Å². The molecule has 0 fully saturated rings. The van der Waals surface area contributed by atoms with Gasteiger partial charge in [-0.15, -0.1) is 24.0 Å². The fourth-order valence-electron chi connectivity index (χ4n) is 1.48. The van der Waals surface area contributed by atoms with Crippen LogP contribution >= 0.6 is 35.7 Å². The van der Waals surface area contributed by atoms with Gasteiger partial charge in [-0.1, -0.05) is 18.2 Å². The number of carbonyl (C=O) groups excluding carboxylic acids is 1. The number of anilines is 1. The fraction of sp³-hybridized carbons (Fsp3) is 0.467. The van der Waals surface area contributed by atoms with Crippen LogP contribution in [0.2, 0.25) is 0 Å². The van der Waals surface area contributed by atoms with E-state index in [1.807, 2.05) is 30.3 Å². The van der Waals surface area contributed by atoms with Crippen LogP contribution in [0.3, 0.4) is 0 Å². The molecule has 0 atom stereocenters. The zero-order valence-electron chi connectivity index (χ0n) is 13.5. The highest BCUT2D eigenvalue weighted by molar-refractivity contribution is 14.0. The average Bonchev–Trinajstić information content (AvgIpc) is 2.48. The molecule has 0 aliphatic carbocycles. The zero-order chi connectivity index (χ0) is 15.7. The topological polar surface area (TPSA) is 65.5 Å². The minimum absolute atomic E-state index is 0. The number of halogens is 1. The van der Waals surface area contributed by atoms with Crippen LogP contribution in [0.15, 0.2) is 35.3 Å². The number of thioether (sulfide) groups is 1. The van der Waals surface area contributed by atoms with Gasteiger partial charge in [0.1, 0.15) is 0 Å². The van der Waals surface area contributed by atoms with E-state index in [1.54, 1.807) is 18.8 Å². The van der Waals surface area contributed by atoms with Gasteiger partial charge in [-0.3, -0.25) is 9.79 Å². The Balaban J connectivity index is 0.00000441. The Bertz CT molecular complexity index is 480. The number of rotatable bonds is 6. The van der Waals surface area contributed by atoms with E-state index in [4.69, 9.17) is 0 Å². The Morgan fingerprint density at radius 1 is 1.23 bits per heavy atom. The van der Waals surface area contributed by atoms with Crippen molar-refractivity contribution in [2.75, 3.05) is 31.7 Å². The molecule has 1 aromatic carbocycles. The second kappa shape index (κ2) is 10.7. The largest absolute Gasteiger partial charge is 0.355 e. The van der Waals surface area contributed by atoms with Crippen LogP contribution in [-0.2, 0) is 4.79 Å². The highest BCUT2D eigenvalue weighted by Gasteiger charge is 2.16. The predicted octanol–water partition coefficient (Wildman–Crippen LogP) is 2.55. The highest BCUT2D eigenvalue weighted by atomic mass is 127. The first-order chi connectivity index (χ1) is 9.96. The second-order valence-electron chi connectivity index (χ2n) is 5.16. The van der Waals surface area contributed by atoms with Crippen LogP contribution in [0, 0.1) is 0 Å². The van der Waals surface area contributed by atoms with E-state index in [0.29, 0.717) is 5.96 Å². The molecule has 7 heteroatoms. The maximum atomic E-state index is 11.8. The summed E-state index contributed by atoms with van der Waals surface area (Å²) in [7, 11) is 1.69. The summed E-state index contributed by atoms with van der Waals surface area (Å²) in [6.07, 6.45) is 2.07. The molecule has 0 saturated carbocycles. The van der Waals surface area contributed by atoms with Gasteiger partial charge in [0, 0.05) is 24.0 Å². The van der Waals surface area contributed by atoms with Crippen LogP contribution < -0.4 is 16.0 Å². The Labute approximate surface area is 154 Å². The third-order valence-corrected chi connectivity index (χ3v) is 4.18. The van der Waals surface area contributed by atoms with Crippen molar-refractivity contribution in [3.8, 4) is 0 Å². The molecule has 5 nitrogen and oxygen atoms in total. The lowest BCUT2D eigenvalue weighted by molar-refractivity contribution is -0.115. The molecule has 0 radical (unpaired) electrons. The minimum atomic E-state index is -0.103. The standard InChI is InChI=1S/C15H24N4OS.HI/c1-15(2,21-4)11-18-14(16-3)17-10-13(20)19-12-8-6-5-7-9-12;/h5-9H,10-11H2,1-4H3,(H,19,20)(H2,16,17,18);1H. The molecule has 124 valence electrons. The molecule has 1 rings (SSSR count). The normalized spacial score (nSPS) is 11.4. The van der Waals surface area contributed by atoms with Gasteiger partial charge in [0.05, 0.1) is 6.54 Å². The summed E-state index contributed by atoms with van der Waals surface area (Å²) in [4.78, 5) is 15.9. The smallest absolute Gasteiger partial charge is 0.243 e. The van der Waals surface area contributed by atoms with Crippen molar-refractivity contribution in [2.24, 2.45) is 4.99 Å². The first-order valence-electron chi connectivity index (χ1n) is 6.81. The molecule has 3 N–H and O–H groups in total. The van der Waals surface area contributed by atoms with Crippen LogP contribution in [0.25, 0.3) is 0 Å². The summed E-state index contributed by atoms with van der Waals surface area (Å²) in [5.41, 5.74) is 0.788. The quantitative estimate of drug-likeness (QED) is 0.365. The Hall–Kier alpha value is -0.960. The van der Waals surface area contributed by atoms with E-state index in [1.165, 1.54) is 0 Å². The Morgan fingerprint density at radius 2 is 1.86 bits per heavy atom. The van der Waals surface area contributed by atoms with Crippen molar-refractivity contribution in [1.82, 2.24) is 10.6 Å². The zero-order valence-corrected chi connectivity index (χ0v) is 16.6. The molecule has 0 aromatic heterocycles. The lowest BCUT2D eigenvalue weighted by Gasteiger charge is -2.23. The van der Waals surface area contributed by atoms with Gasteiger partial charge in [-0.2, -0.15) is 11.8 Å². The van der Waals surface area contributed by atoms with Crippen LogP contribution in [0.4, 0.5) is 5.69 Å². The SMILES string of the molecule is CN=C(NCC(=O)Nc1ccccc1)NCC(C)(C)SC.I. The van der Waals surface area contributed by atoms with Gasteiger partial charge >= 0.3 is 0 Å². The second-order valence-corrected chi connectivity index (χ2v) is 6.67. The van der Waals surface area contributed by atoms with Crippen molar-refractivity contribution in [1.29, 1.82) is 0 Å². The molecule has 1 amide bonds. The summed E-state index contributed by atoms with van der Waals surface area (Å²) in [5, 5.41) is 9.04. The molecular formula is C15H25IN4OS. The van der Waals surface area contributed by atoms with E-state index in [-0.39, 0.29) is 41.2 Å². The predicted molar refractivity (Wildman–Crippen MR) is 107 cm³/mol. The third kappa shape index (κ3) is 8.47. The molecule has 0 aliphatic heterocycles. The summed E-state index contributed by atoms with van der Waals surface area (Å²) in [6.45, 7) is 5.25. The van der Waals surface area contributed by atoms with Crippen molar-refractivity contribution < 1.29 is 4.79 Å². The number of amides is 1. The summed E-state index contributed by atoms with van der Waals surface area (Å²) in [5.74, 6) is 0.522. The molecule has 0 bridgehead atoms. The molecule has 1 aromatic rings. The van der Waals surface area contributed by atoms with Crippen molar-refractivity contribution >= 4 is 53.3 Å². The Kier molecular flexibility index (Phi) is 10.2.